The summed E-state index contributed by atoms with van der Waals surface area (Å²) in [6.07, 6.45) is 0.501. The fraction of sp³-hybridized carbons (Fsp3) is 0.474. The first-order valence-corrected chi connectivity index (χ1v) is 8.41. The number of carbonyl (C=O) groups excluding carboxylic acids is 1. The third-order valence-electron chi connectivity index (χ3n) is 3.88. The van der Waals surface area contributed by atoms with Crippen molar-refractivity contribution in [2.45, 2.75) is 46.8 Å². The van der Waals surface area contributed by atoms with Gasteiger partial charge in [-0.3, -0.25) is 4.79 Å². The van der Waals surface area contributed by atoms with Crippen LogP contribution in [0.15, 0.2) is 30.3 Å². The van der Waals surface area contributed by atoms with Crippen LogP contribution in [0.1, 0.15) is 37.2 Å². The van der Waals surface area contributed by atoms with Crippen LogP contribution in [0.4, 0.5) is 0 Å². The van der Waals surface area contributed by atoms with E-state index in [2.05, 4.69) is 17.2 Å². The van der Waals surface area contributed by atoms with Crippen molar-refractivity contribution in [3.63, 3.8) is 0 Å². The number of rotatable bonds is 7. The minimum absolute atomic E-state index is 0.0000303. The Labute approximate surface area is 144 Å². The van der Waals surface area contributed by atoms with Gasteiger partial charge in [0, 0.05) is 25.9 Å². The predicted molar refractivity (Wildman–Crippen MR) is 95.2 cm³/mol. The first-order valence-electron chi connectivity index (χ1n) is 8.41. The van der Waals surface area contributed by atoms with E-state index >= 15 is 0 Å². The van der Waals surface area contributed by atoms with Gasteiger partial charge in [0.25, 0.3) is 5.91 Å². The average Bonchev–Trinajstić information content (AvgIpc) is 2.90. The summed E-state index contributed by atoms with van der Waals surface area (Å²) < 4.78 is 7.44. The van der Waals surface area contributed by atoms with Crippen LogP contribution in [0.2, 0.25) is 0 Å². The largest absolute Gasteiger partial charge is 0.369 e. The molecular formula is C19H27N3O2. The van der Waals surface area contributed by atoms with Crippen molar-refractivity contribution in [3.05, 3.63) is 47.3 Å². The number of carbonyl (C=O) groups is 1. The van der Waals surface area contributed by atoms with Gasteiger partial charge in [0.15, 0.2) is 0 Å². The van der Waals surface area contributed by atoms with Crippen LogP contribution < -0.4 is 0 Å². The highest BCUT2D eigenvalue weighted by atomic mass is 16.5. The van der Waals surface area contributed by atoms with Crippen molar-refractivity contribution in [2.24, 2.45) is 0 Å². The molecule has 0 unspecified atom stereocenters. The number of aryl methyl sites for hydroxylation is 2. The van der Waals surface area contributed by atoms with Crippen molar-refractivity contribution in [2.75, 3.05) is 13.7 Å². The van der Waals surface area contributed by atoms with E-state index in [-0.39, 0.29) is 5.91 Å². The molecule has 1 atom stereocenters. The van der Waals surface area contributed by atoms with E-state index in [1.807, 2.05) is 50.7 Å². The first kappa shape index (κ1) is 18.2. The molecule has 0 saturated carbocycles. The highest BCUT2D eigenvalue weighted by Gasteiger charge is 2.18. The van der Waals surface area contributed by atoms with Gasteiger partial charge >= 0.3 is 0 Å². The Hall–Kier alpha value is -2.14. The van der Waals surface area contributed by atoms with E-state index in [1.54, 1.807) is 11.8 Å². The number of hydrogen-bond donors (Lipinski definition) is 0. The van der Waals surface area contributed by atoms with E-state index in [1.165, 1.54) is 0 Å². The average molecular weight is 329 g/mol. The van der Waals surface area contributed by atoms with Crippen LogP contribution in [0.25, 0.3) is 5.69 Å². The van der Waals surface area contributed by atoms with Gasteiger partial charge in [-0.2, -0.15) is 5.10 Å². The third-order valence-corrected chi connectivity index (χ3v) is 3.88. The van der Waals surface area contributed by atoms with Gasteiger partial charge in [-0.1, -0.05) is 19.1 Å². The minimum Gasteiger partial charge on any atom is -0.369 e. The molecule has 0 aliphatic rings. The molecule has 0 bridgehead atoms. The van der Waals surface area contributed by atoms with E-state index in [4.69, 9.17) is 4.74 Å². The first-order chi connectivity index (χ1) is 11.4. The molecule has 24 heavy (non-hydrogen) atoms. The molecule has 1 aromatic heterocycles. The molecule has 1 aromatic carbocycles. The van der Waals surface area contributed by atoms with E-state index in [0.717, 1.165) is 29.1 Å². The van der Waals surface area contributed by atoms with Gasteiger partial charge in [-0.05, 0) is 51.0 Å². The number of hydrogen-bond acceptors (Lipinski definition) is 3. The third kappa shape index (κ3) is 4.45. The summed E-state index contributed by atoms with van der Waals surface area (Å²) in [5.41, 5.74) is 4.16. The SMILES string of the molecule is CCCO[C@@H](C)C(=O)N(C)Cc1cccc(-n2nc(C)cc2C)c1. The lowest BCUT2D eigenvalue weighted by Gasteiger charge is -2.22. The molecule has 0 fully saturated rings. The molecule has 0 aliphatic heterocycles. The normalized spacial score (nSPS) is 12.2. The van der Waals surface area contributed by atoms with Gasteiger partial charge < -0.3 is 9.64 Å². The molecule has 2 rings (SSSR count). The van der Waals surface area contributed by atoms with E-state index in [0.29, 0.717) is 13.2 Å². The molecule has 2 aromatic rings. The molecule has 0 spiro atoms. The van der Waals surface area contributed by atoms with E-state index in [9.17, 15) is 4.79 Å². The smallest absolute Gasteiger partial charge is 0.251 e. The zero-order chi connectivity index (χ0) is 17.7. The van der Waals surface area contributed by atoms with Crippen LogP contribution in [0.5, 0.6) is 0 Å². The Kier molecular flexibility index (Phi) is 6.15. The Morgan fingerprint density at radius 2 is 2.08 bits per heavy atom. The van der Waals surface area contributed by atoms with Crippen LogP contribution in [-0.4, -0.2) is 40.3 Å². The standard InChI is InChI=1S/C19H27N3O2/c1-6-10-24-16(4)19(23)21(5)13-17-8-7-9-18(12-17)22-15(3)11-14(2)20-22/h7-9,11-12,16H,6,10,13H2,1-5H3/t16-/m0/s1. The molecular weight excluding hydrogens is 302 g/mol. The molecule has 5 nitrogen and oxygen atoms in total. The number of amides is 1. The zero-order valence-electron chi connectivity index (χ0n) is 15.2. The summed E-state index contributed by atoms with van der Waals surface area (Å²) in [6.45, 7) is 9.01. The summed E-state index contributed by atoms with van der Waals surface area (Å²) in [5.74, 6) is -0.0000303. The highest BCUT2D eigenvalue weighted by molar-refractivity contribution is 5.80. The minimum atomic E-state index is -0.408. The molecule has 0 aliphatic carbocycles. The molecule has 0 radical (unpaired) electrons. The maximum absolute atomic E-state index is 12.3. The van der Waals surface area contributed by atoms with E-state index < -0.39 is 6.10 Å². The lowest BCUT2D eigenvalue weighted by Crippen LogP contribution is -2.36. The number of nitrogens with zero attached hydrogens (tertiary/aromatic N) is 3. The second-order valence-corrected chi connectivity index (χ2v) is 6.22. The molecule has 0 saturated heterocycles. The quantitative estimate of drug-likeness (QED) is 0.783. The molecule has 130 valence electrons. The Bertz CT molecular complexity index is 694. The van der Waals surface area contributed by atoms with Gasteiger partial charge in [0.05, 0.1) is 11.4 Å². The van der Waals surface area contributed by atoms with Crippen molar-refractivity contribution in [1.29, 1.82) is 0 Å². The Morgan fingerprint density at radius 1 is 1.33 bits per heavy atom. The van der Waals surface area contributed by atoms with Gasteiger partial charge in [0.1, 0.15) is 6.10 Å². The Morgan fingerprint density at radius 3 is 2.71 bits per heavy atom. The molecule has 1 heterocycles. The predicted octanol–water partition coefficient (Wildman–Crippen LogP) is 3.26. The topological polar surface area (TPSA) is 47.4 Å². The van der Waals surface area contributed by atoms with Gasteiger partial charge in [-0.25, -0.2) is 4.68 Å². The van der Waals surface area contributed by atoms with Crippen molar-refractivity contribution in [3.8, 4) is 5.69 Å². The Balaban J connectivity index is 2.09. The van der Waals surface area contributed by atoms with Crippen LogP contribution >= 0.6 is 0 Å². The van der Waals surface area contributed by atoms with Gasteiger partial charge in [0.2, 0.25) is 0 Å². The lowest BCUT2D eigenvalue weighted by atomic mass is 10.2. The summed E-state index contributed by atoms with van der Waals surface area (Å²) in [6, 6.07) is 10.2. The second kappa shape index (κ2) is 8.11. The number of likely N-dealkylation sites (N-methyl/N-ethyl adjacent to an activating group) is 1. The monoisotopic (exact) mass is 329 g/mol. The number of aromatic nitrogens is 2. The fourth-order valence-electron chi connectivity index (χ4n) is 2.70. The number of ether oxygens (including phenoxy) is 1. The summed E-state index contributed by atoms with van der Waals surface area (Å²) in [5, 5.41) is 4.51. The van der Waals surface area contributed by atoms with Gasteiger partial charge in [-0.15, -0.1) is 0 Å². The highest BCUT2D eigenvalue weighted by Crippen LogP contribution is 2.15. The van der Waals surface area contributed by atoms with Crippen molar-refractivity contribution < 1.29 is 9.53 Å². The molecule has 1 amide bonds. The van der Waals surface area contributed by atoms with Crippen LogP contribution in [0, 0.1) is 13.8 Å². The fourth-order valence-corrected chi connectivity index (χ4v) is 2.70. The zero-order valence-corrected chi connectivity index (χ0v) is 15.2. The number of benzene rings is 1. The molecule has 0 N–H and O–H groups in total. The van der Waals surface area contributed by atoms with Crippen molar-refractivity contribution in [1.82, 2.24) is 14.7 Å². The second-order valence-electron chi connectivity index (χ2n) is 6.22. The molecule has 5 heteroatoms. The van der Waals surface area contributed by atoms with Crippen LogP contribution in [0.3, 0.4) is 0 Å². The lowest BCUT2D eigenvalue weighted by molar-refractivity contribution is -0.141. The van der Waals surface area contributed by atoms with Crippen molar-refractivity contribution >= 4 is 5.91 Å². The summed E-state index contributed by atoms with van der Waals surface area (Å²) >= 11 is 0. The maximum Gasteiger partial charge on any atom is 0.251 e. The van der Waals surface area contributed by atoms with Crippen LogP contribution in [-0.2, 0) is 16.1 Å². The maximum atomic E-state index is 12.3. The summed E-state index contributed by atoms with van der Waals surface area (Å²) in [7, 11) is 1.81. The summed E-state index contributed by atoms with van der Waals surface area (Å²) in [4.78, 5) is 14.1.